The molecule has 0 amide bonds. The van der Waals surface area contributed by atoms with Crippen molar-refractivity contribution in [3.8, 4) is 11.5 Å². The van der Waals surface area contributed by atoms with Crippen LogP contribution in [0.4, 0.5) is 11.8 Å². The molecule has 3 fully saturated rings. The average molecular weight is 486 g/mol. The third-order valence-electron chi connectivity index (χ3n) is 7.02. The highest BCUT2D eigenvalue weighted by Gasteiger charge is 2.20. The van der Waals surface area contributed by atoms with Crippen molar-refractivity contribution >= 4 is 22.7 Å². The van der Waals surface area contributed by atoms with E-state index in [1.54, 1.807) is 7.11 Å². The van der Waals surface area contributed by atoms with E-state index in [0.717, 1.165) is 87.3 Å². The molecule has 0 aliphatic carbocycles. The second-order valence-corrected chi connectivity index (χ2v) is 9.45. The minimum absolute atomic E-state index is 0.661. The van der Waals surface area contributed by atoms with Gasteiger partial charge in [0.05, 0.1) is 39.1 Å². The van der Waals surface area contributed by atoms with Gasteiger partial charge >= 0.3 is 0 Å². The van der Waals surface area contributed by atoms with Gasteiger partial charge in [0.25, 0.3) is 0 Å². The van der Waals surface area contributed by atoms with Gasteiger partial charge in [0.1, 0.15) is 5.82 Å². The summed E-state index contributed by atoms with van der Waals surface area (Å²) in [5, 5.41) is 7.93. The van der Waals surface area contributed by atoms with E-state index in [4.69, 9.17) is 24.2 Å². The molecule has 0 unspecified atom stereocenters. The van der Waals surface area contributed by atoms with E-state index in [1.165, 1.54) is 25.9 Å². The number of piperazine rings is 1. The molecule has 3 saturated heterocycles. The van der Waals surface area contributed by atoms with Gasteiger partial charge in [-0.05, 0) is 38.4 Å². The number of methoxy groups -OCH3 is 1. The van der Waals surface area contributed by atoms with Crippen molar-refractivity contribution in [2.45, 2.75) is 19.3 Å². The molecule has 10 nitrogen and oxygen atoms in total. The summed E-state index contributed by atoms with van der Waals surface area (Å²) in [4.78, 5) is 17.0. The monoisotopic (exact) mass is 485 g/mol. The molecule has 0 saturated carbocycles. The van der Waals surface area contributed by atoms with Crippen LogP contribution in [0, 0.1) is 0 Å². The van der Waals surface area contributed by atoms with Crippen molar-refractivity contribution in [1.82, 2.24) is 25.1 Å². The number of aromatic nitrogens is 2. The molecule has 35 heavy (non-hydrogen) atoms. The van der Waals surface area contributed by atoms with Crippen molar-refractivity contribution in [3.63, 3.8) is 0 Å². The maximum atomic E-state index is 6.20. The lowest BCUT2D eigenvalue weighted by atomic mass is 10.2. The fraction of sp³-hybridized carbons (Fsp3) is 0.680. The van der Waals surface area contributed by atoms with Crippen molar-refractivity contribution in [1.29, 1.82) is 0 Å². The summed E-state index contributed by atoms with van der Waals surface area (Å²) >= 11 is 0. The summed E-state index contributed by atoms with van der Waals surface area (Å²) in [6.07, 6.45) is 3.63. The van der Waals surface area contributed by atoms with Crippen molar-refractivity contribution in [2.75, 3.05) is 103 Å². The Kier molecular flexibility index (Phi) is 8.35. The van der Waals surface area contributed by atoms with Crippen LogP contribution in [0.25, 0.3) is 10.9 Å². The quantitative estimate of drug-likeness (QED) is 0.484. The van der Waals surface area contributed by atoms with Crippen LogP contribution in [-0.2, 0) is 4.74 Å². The number of nitrogens with zero attached hydrogens (tertiary/aromatic N) is 5. The van der Waals surface area contributed by atoms with Crippen LogP contribution in [0.5, 0.6) is 11.5 Å². The van der Waals surface area contributed by atoms with Crippen molar-refractivity contribution < 1.29 is 14.2 Å². The highest BCUT2D eigenvalue weighted by Crippen LogP contribution is 2.35. The van der Waals surface area contributed by atoms with Gasteiger partial charge in [0.15, 0.2) is 11.5 Å². The first-order chi connectivity index (χ1) is 17.3. The number of likely N-dealkylation sites (tertiary alicyclic amines) is 1. The number of hydrogen-bond acceptors (Lipinski definition) is 10. The Morgan fingerprint density at radius 3 is 2.54 bits per heavy atom. The van der Waals surface area contributed by atoms with Gasteiger partial charge in [-0.3, -0.25) is 4.90 Å². The van der Waals surface area contributed by atoms with Gasteiger partial charge in [0, 0.05) is 57.3 Å². The largest absolute Gasteiger partial charge is 0.493 e. The van der Waals surface area contributed by atoms with E-state index in [2.05, 4.69) is 25.3 Å². The molecule has 2 N–H and O–H groups in total. The standard InChI is InChI=1S/C25H39N7O3/c1-33-22-17-20-21(18-23(22)35-14-4-9-30-7-2-3-8-30)28-25(32-12-15-34-16-13-32)29-24(20)27-19-31-10-5-26-6-11-31/h17-18,26H,2-16,19H2,1H3,(H,27,28,29). The Morgan fingerprint density at radius 1 is 0.971 bits per heavy atom. The lowest BCUT2D eigenvalue weighted by Crippen LogP contribution is -2.45. The van der Waals surface area contributed by atoms with Crippen LogP contribution in [0.3, 0.4) is 0 Å². The van der Waals surface area contributed by atoms with Gasteiger partial charge in [-0.2, -0.15) is 4.98 Å². The normalized spacial score (nSPS) is 19.9. The fourth-order valence-corrected chi connectivity index (χ4v) is 4.97. The minimum Gasteiger partial charge on any atom is -0.493 e. The Bertz CT molecular complexity index is 958. The molecule has 10 heteroatoms. The van der Waals surface area contributed by atoms with Gasteiger partial charge in [-0.1, -0.05) is 0 Å². The summed E-state index contributed by atoms with van der Waals surface area (Å²) in [7, 11) is 1.69. The third-order valence-corrected chi connectivity index (χ3v) is 7.02. The van der Waals surface area contributed by atoms with Crippen LogP contribution in [-0.4, -0.2) is 112 Å². The van der Waals surface area contributed by atoms with Crippen LogP contribution in [0.1, 0.15) is 19.3 Å². The maximum Gasteiger partial charge on any atom is 0.228 e. The molecule has 2 aromatic rings. The summed E-state index contributed by atoms with van der Waals surface area (Å²) < 4.78 is 17.5. The lowest BCUT2D eigenvalue weighted by molar-refractivity contribution is 0.122. The van der Waals surface area contributed by atoms with Crippen LogP contribution >= 0.6 is 0 Å². The van der Waals surface area contributed by atoms with Gasteiger partial charge < -0.3 is 34.6 Å². The number of ether oxygens (including phenoxy) is 3. The summed E-state index contributed by atoms with van der Waals surface area (Å²) in [6.45, 7) is 11.9. The molecule has 1 aromatic heterocycles. The molecule has 1 aromatic carbocycles. The average Bonchev–Trinajstić information content (AvgIpc) is 3.44. The van der Waals surface area contributed by atoms with E-state index in [9.17, 15) is 0 Å². The first-order valence-electron chi connectivity index (χ1n) is 13.0. The molecule has 3 aliphatic heterocycles. The van der Waals surface area contributed by atoms with Gasteiger partial charge in [0.2, 0.25) is 5.95 Å². The molecule has 3 aliphatic rings. The second-order valence-electron chi connectivity index (χ2n) is 9.45. The number of anilines is 2. The number of hydrogen-bond donors (Lipinski definition) is 2. The Balaban J connectivity index is 1.37. The molecule has 0 radical (unpaired) electrons. The van der Waals surface area contributed by atoms with E-state index in [-0.39, 0.29) is 0 Å². The van der Waals surface area contributed by atoms with Crippen LogP contribution in [0.15, 0.2) is 12.1 Å². The zero-order valence-corrected chi connectivity index (χ0v) is 20.9. The number of rotatable bonds is 10. The summed E-state index contributed by atoms with van der Waals surface area (Å²) in [5.74, 6) is 3.01. The first-order valence-corrected chi connectivity index (χ1v) is 13.0. The number of nitrogens with one attached hydrogen (secondary N) is 2. The van der Waals surface area contributed by atoms with E-state index in [0.29, 0.717) is 25.6 Å². The number of benzene rings is 1. The van der Waals surface area contributed by atoms with E-state index < -0.39 is 0 Å². The molecule has 4 heterocycles. The maximum absolute atomic E-state index is 6.20. The third kappa shape index (κ3) is 6.24. The molecule has 192 valence electrons. The number of fused-ring (bicyclic) bond motifs is 1. The molecule has 0 bridgehead atoms. The molecule has 0 atom stereocenters. The predicted molar refractivity (Wildman–Crippen MR) is 138 cm³/mol. The smallest absolute Gasteiger partial charge is 0.228 e. The fourth-order valence-electron chi connectivity index (χ4n) is 4.97. The summed E-state index contributed by atoms with van der Waals surface area (Å²) in [5.41, 5.74) is 0.861. The van der Waals surface area contributed by atoms with Crippen molar-refractivity contribution in [2.24, 2.45) is 0 Å². The Labute approximate surface area is 207 Å². The van der Waals surface area contributed by atoms with Crippen LogP contribution in [0.2, 0.25) is 0 Å². The zero-order chi connectivity index (χ0) is 23.9. The first kappa shape index (κ1) is 24.3. The predicted octanol–water partition coefficient (Wildman–Crippen LogP) is 1.61. The van der Waals surface area contributed by atoms with Crippen LogP contribution < -0.4 is 25.0 Å². The van der Waals surface area contributed by atoms with Gasteiger partial charge in [-0.25, -0.2) is 4.98 Å². The minimum atomic E-state index is 0.661. The SMILES string of the molecule is COc1cc2c(NCN3CCNCC3)nc(N3CCOCC3)nc2cc1OCCCN1CCCC1. The molecule has 0 spiro atoms. The molecule has 5 rings (SSSR count). The van der Waals surface area contributed by atoms with Crippen molar-refractivity contribution in [3.05, 3.63) is 12.1 Å². The summed E-state index contributed by atoms with van der Waals surface area (Å²) in [6, 6.07) is 4.01. The molecular weight excluding hydrogens is 446 g/mol. The second kappa shape index (κ2) is 12.0. The van der Waals surface area contributed by atoms with Gasteiger partial charge in [-0.15, -0.1) is 0 Å². The van der Waals surface area contributed by atoms with E-state index in [1.807, 2.05) is 12.1 Å². The Morgan fingerprint density at radius 2 is 1.77 bits per heavy atom. The number of morpholine rings is 1. The highest BCUT2D eigenvalue weighted by molar-refractivity contribution is 5.92. The Hall–Kier alpha value is -2.40. The van der Waals surface area contributed by atoms with E-state index >= 15 is 0 Å². The lowest BCUT2D eigenvalue weighted by Gasteiger charge is -2.29. The topological polar surface area (TPSA) is 87.2 Å². The molecular formula is C25H39N7O3. The zero-order valence-electron chi connectivity index (χ0n) is 20.9. The highest BCUT2D eigenvalue weighted by atomic mass is 16.5.